The fraction of sp³-hybridized carbons (Fsp3) is 0.700. The third-order valence-electron chi connectivity index (χ3n) is 5.79. The average molecular weight is 408 g/mol. The van der Waals surface area contributed by atoms with Crippen molar-refractivity contribution in [2.75, 3.05) is 6.61 Å². The van der Waals surface area contributed by atoms with E-state index in [2.05, 4.69) is 22.5 Å². The van der Waals surface area contributed by atoms with Crippen LogP contribution in [0.2, 0.25) is 0 Å². The molecule has 154 valence electrons. The van der Waals surface area contributed by atoms with Crippen molar-refractivity contribution >= 4 is 28.9 Å². The predicted octanol–water partition coefficient (Wildman–Crippen LogP) is 2.46. The number of hydrogen-bond donors (Lipinski definition) is 2. The summed E-state index contributed by atoms with van der Waals surface area (Å²) in [5, 5.41) is 7.77. The Morgan fingerprint density at radius 1 is 1.39 bits per heavy atom. The van der Waals surface area contributed by atoms with Crippen molar-refractivity contribution in [3.8, 4) is 0 Å². The molecule has 1 aromatic heterocycles. The van der Waals surface area contributed by atoms with Crippen LogP contribution in [0.5, 0.6) is 0 Å². The van der Waals surface area contributed by atoms with Crippen LogP contribution >= 0.6 is 11.3 Å². The summed E-state index contributed by atoms with van der Waals surface area (Å²) in [6.45, 7) is 4.21. The minimum absolute atomic E-state index is 0.0111. The quantitative estimate of drug-likeness (QED) is 0.690. The van der Waals surface area contributed by atoms with Crippen molar-refractivity contribution < 1.29 is 19.1 Å². The van der Waals surface area contributed by atoms with Gasteiger partial charge < -0.3 is 15.4 Å². The van der Waals surface area contributed by atoms with Crippen LogP contribution in [-0.2, 0) is 14.3 Å². The molecule has 7 nitrogen and oxygen atoms in total. The van der Waals surface area contributed by atoms with Crippen molar-refractivity contribution in [3.63, 3.8) is 0 Å². The summed E-state index contributed by atoms with van der Waals surface area (Å²) in [5.41, 5.74) is 0.0111. The zero-order chi connectivity index (χ0) is 20.1. The molecule has 0 bridgehead atoms. The average Bonchev–Trinajstić information content (AvgIpc) is 3.40. The Morgan fingerprint density at radius 2 is 2.14 bits per heavy atom. The second-order valence-electron chi connectivity index (χ2n) is 8.18. The first-order chi connectivity index (χ1) is 13.4. The topological polar surface area (TPSA) is 97.4 Å². The van der Waals surface area contributed by atoms with Crippen LogP contribution in [0.4, 0.5) is 0 Å². The van der Waals surface area contributed by atoms with Crippen molar-refractivity contribution in [2.45, 2.75) is 77.0 Å². The third-order valence-corrected chi connectivity index (χ3v) is 6.56. The molecule has 2 heterocycles. The maximum atomic E-state index is 13.1. The number of hydrogen-bond acceptors (Lipinski definition) is 6. The number of nitrogens with one attached hydrogen (secondary N) is 2. The lowest BCUT2D eigenvalue weighted by molar-refractivity contribution is -0.128. The number of carbonyl (C=O) groups is 3. The van der Waals surface area contributed by atoms with E-state index in [4.69, 9.17) is 4.74 Å². The number of carbonyl (C=O) groups excluding carboxylic acids is 3. The second-order valence-corrected chi connectivity index (χ2v) is 9.07. The molecule has 2 N–H and O–H groups in total. The van der Waals surface area contributed by atoms with Crippen molar-refractivity contribution in [3.05, 3.63) is 16.6 Å². The highest BCUT2D eigenvalue weighted by molar-refractivity contribution is 7.11. The van der Waals surface area contributed by atoms with Crippen LogP contribution in [0.3, 0.4) is 0 Å². The molecule has 2 aliphatic rings. The molecule has 3 rings (SSSR count). The van der Waals surface area contributed by atoms with E-state index < -0.39 is 12.1 Å². The van der Waals surface area contributed by atoms with E-state index in [1.54, 1.807) is 11.6 Å². The second kappa shape index (κ2) is 9.13. The lowest BCUT2D eigenvalue weighted by Crippen LogP contribution is -2.54. The van der Waals surface area contributed by atoms with Gasteiger partial charge in [0.2, 0.25) is 5.91 Å². The normalized spacial score (nSPS) is 24.9. The Hall–Kier alpha value is -1.80. The summed E-state index contributed by atoms with van der Waals surface area (Å²) in [6.07, 6.45) is 7.75. The van der Waals surface area contributed by atoms with Crippen LogP contribution < -0.4 is 10.6 Å². The van der Waals surface area contributed by atoms with Gasteiger partial charge in [-0.2, -0.15) is 0 Å². The van der Waals surface area contributed by atoms with Crippen LogP contribution in [0.15, 0.2) is 11.6 Å². The van der Waals surface area contributed by atoms with Crippen molar-refractivity contribution in [1.82, 2.24) is 15.6 Å². The molecular weight excluding hydrogens is 378 g/mol. The molecule has 1 aliphatic heterocycles. The van der Waals surface area contributed by atoms with Gasteiger partial charge in [-0.1, -0.05) is 33.1 Å². The van der Waals surface area contributed by atoms with Crippen LogP contribution in [0, 0.1) is 5.41 Å². The van der Waals surface area contributed by atoms with E-state index in [0.29, 0.717) is 17.8 Å². The van der Waals surface area contributed by atoms with E-state index in [-0.39, 0.29) is 35.7 Å². The molecular formula is C20H29N3O4S. The van der Waals surface area contributed by atoms with Gasteiger partial charge >= 0.3 is 0 Å². The van der Waals surface area contributed by atoms with Gasteiger partial charge in [0, 0.05) is 11.6 Å². The first kappa shape index (κ1) is 20.9. The summed E-state index contributed by atoms with van der Waals surface area (Å²) >= 11 is 1.24. The number of amides is 2. The number of nitrogens with zero attached hydrogens (tertiary/aromatic N) is 1. The van der Waals surface area contributed by atoms with E-state index >= 15 is 0 Å². The first-order valence-corrected chi connectivity index (χ1v) is 10.9. The largest absolute Gasteiger partial charge is 0.368 e. The SMILES string of the molecule is CCCC1OCC(=O)[C@H]1NC(=O)[C@H](CC1(C)CCCC1)NC(=O)c1nccs1. The van der Waals surface area contributed by atoms with E-state index in [9.17, 15) is 14.4 Å². The zero-order valence-corrected chi connectivity index (χ0v) is 17.3. The molecule has 0 aromatic carbocycles. The molecule has 3 atom stereocenters. The maximum absolute atomic E-state index is 13.1. The van der Waals surface area contributed by atoms with Gasteiger partial charge in [-0.3, -0.25) is 14.4 Å². The first-order valence-electron chi connectivity index (χ1n) is 10.1. The van der Waals surface area contributed by atoms with Crippen molar-refractivity contribution in [2.24, 2.45) is 5.41 Å². The van der Waals surface area contributed by atoms with E-state index in [0.717, 1.165) is 32.1 Å². The molecule has 0 radical (unpaired) electrons. The van der Waals surface area contributed by atoms with Crippen LogP contribution in [0.25, 0.3) is 0 Å². The number of aromatic nitrogens is 1. The van der Waals surface area contributed by atoms with Gasteiger partial charge in [0.25, 0.3) is 5.91 Å². The van der Waals surface area contributed by atoms with Gasteiger partial charge in [0.1, 0.15) is 18.7 Å². The molecule has 1 saturated heterocycles. The Balaban J connectivity index is 1.72. The molecule has 1 aliphatic carbocycles. The highest BCUT2D eigenvalue weighted by Gasteiger charge is 2.40. The standard InChI is InChI=1S/C20H29N3O4S/c1-3-6-15-16(14(24)12-27-15)23-17(25)13(11-20(2)7-4-5-8-20)22-18(26)19-21-9-10-28-19/h9-10,13,15-16H,3-8,11-12H2,1-2H3,(H,22,26)(H,23,25)/t13-,15?,16+/m0/s1. The summed E-state index contributed by atoms with van der Waals surface area (Å²) in [5.74, 6) is -0.775. The molecule has 2 fully saturated rings. The van der Waals surface area contributed by atoms with Crippen LogP contribution in [-0.4, -0.2) is 47.4 Å². The van der Waals surface area contributed by atoms with Gasteiger partial charge in [-0.25, -0.2) is 4.98 Å². The Kier molecular flexibility index (Phi) is 6.82. The molecule has 8 heteroatoms. The molecule has 2 amide bonds. The highest BCUT2D eigenvalue weighted by Crippen LogP contribution is 2.41. The molecule has 0 spiro atoms. The molecule has 1 unspecified atom stereocenters. The summed E-state index contributed by atoms with van der Waals surface area (Å²) in [4.78, 5) is 41.8. The number of ether oxygens (including phenoxy) is 1. The number of rotatable bonds is 8. The van der Waals surface area contributed by atoms with E-state index in [1.807, 2.05) is 6.92 Å². The fourth-order valence-electron chi connectivity index (χ4n) is 4.23. The minimum atomic E-state index is -0.699. The Bertz CT molecular complexity index is 700. The number of ketones is 1. The smallest absolute Gasteiger partial charge is 0.280 e. The highest BCUT2D eigenvalue weighted by atomic mass is 32.1. The lowest BCUT2D eigenvalue weighted by Gasteiger charge is -2.30. The van der Waals surface area contributed by atoms with Gasteiger partial charge in [-0.05, 0) is 31.1 Å². The molecule has 1 aromatic rings. The lowest BCUT2D eigenvalue weighted by atomic mass is 9.81. The zero-order valence-electron chi connectivity index (χ0n) is 16.5. The predicted molar refractivity (Wildman–Crippen MR) is 106 cm³/mol. The number of Topliss-reactive ketones (excluding diaryl/α,β-unsaturated/α-hetero) is 1. The molecule has 28 heavy (non-hydrogen) atoms. The van der Waals surface area contributed by atoms with Gasteiger partial charge in [0.15, 0.2) is 10.8 Å². The monoisotopic (exact) mass is 407 g/mol. The minimum Gasteiger partial charge on any atom is -0.368 e. The van der Waals surface area contributed by atoms with E-state index in [1.165, 1.54) is 11.3 Å². The summed E-state index contributed by atoms with van der Waals surface area (Å²) < 4.78 is 5.53. The Morgan fingerprint density at radius 3 is 2.79 bits per heavy atom. The van der Waals surface area contributed by atoms with Crippen molar-refractivity contribution in [1.29, 1.82) is 0 Å². The fourth-order valence-corrected chi connectivity index (χ4v) is 4.77. The maximum Gasteiger partial charge on any atom is 0.280 e. The summed E-state index contributed by atoms with van der Waals surface area (Å²) in [7, 11) is 0. The van der Waals surface area contributed by atoms with Gasteiger partial charge in [0.05, 0.1) is 6.10 Å². The van der Waals surface area contributed by atoms with Crippen LogP contribution in [0.1, 0.15) is 68.6 Å². The summed E-state index contributed by atoms with van der Waals surface area (Å²) in [6, 6.07) is -1.33. The van der Waals surface area contributed by atoms with Gasteiger partial charge in [-0.15, -0.1) is 11.3 Å². The molecule has 1 saturated carbocycles. The third kappa shape index (κ3) is 4.97. The Labute approximate surface area is 169 Å². The number of thiazole rings is 1.